The van der Waals surface area contributed by atoms with Crippen LogP contribution in [0.1, 0.15) is 49.7 Å². The van der Waals surface area contributed by atoms with E-state index in [0.717, 1.165) is 18.5 Å². The third-order valence-corrected chi connectivity index (χ3v) is 6.92. The summed E-state index contributed by atoms with van der Waals surface area (Å²) in [6.07, 6.45) is 5.63. The van der Waals surface area contributed by atoms with Crippen molar-refractivity contribution in [2.45, 2.75) is 58.3 Å². The molecule has 0 saturated heterocycles. The van der Waals surface area contributed by atoms with E-state index >= 15 is 0 Å². The minimum absolute atomic E-state index is 0.0566. The molecule has 1 aliphatic carbocycles. The molecule has 1 aliphatic rings. The topological polar surface area (TPSA) is 145 Å². The van der Waals surface area contributed by atoms with Crippen LogP contribution in [0.25, 0.3) is 11.3 Å². The number of aryl methyl sites for hydroxylation is 1. The van der Waals surface area contributed by atoms with Gasteiger partial charge in [-0.05, 0) is 64.8 Å². The van der Waals surface area contributed by atoms with Crippen LogP contribution in [0.4, 0.5) is 22.1 Å². The van der Waals surface area contributed by atoms with Gasteiger partial charge in [-0.2, -0.15) is 9.61 Å². The molecule has 2 atom stereocenters. The first-order valence-electron chi connectivity index (χ1n) is 13.6. The smallest absolute Gasteiger partial charge is 0.415 e. The minimum Gasteiger partial charge on any atom is -0.443 e. The van der Waals surface area contributed by atoms with Crippen molar-refractivity contribution >= 4 is 35.0 Å². The van der Waals surface area contributed by atoms with Crippen LogP contribution in [0.2, 0.25) is 0 Å². The van der Waals surface area contributed by atoms with Gasteiger partial charge in [0.1, 0.15) is 28.5 Å². The van der Waals surface area contributed by atoms with Crippen LogP contribution in [-0.4, -0.2) is 68.1 Å². The standard InChI is InChI=1S/C29H34N8O5/c1-17-9-10-18(15-30-17)36-13-7-8-21(27(36)39)32-23-14-24(35(5)28(40)42-29(2,3)4)37-25(34-23)19(16-31-37)26(38)33-20-11-12-22(20)41-6/h7-10,13-16,20,22H,11-12H2,1-6H3,(H,32,34)(H,33,38)/t20-,22-/m1/s1. The number of carbonyl (C=O) groups excluding carboxylic acids is 2. The maximum Gasteiger partial charge on any atom is 0.415 e. The highest BCUT2D eigenvalue weighted by Crippen LogP contribution is 2.26. The second-order valence-electron chi connectivity index (χ2n) is 11.1. The molecule has 0 unspecified atom stereocenters. The third kappa shape index (κ3) is 5.81. The van der Waals surface area contributed by atoms with Crippen molar-refractivity contribution < 1.29 is 19.1 Å². The van der Waals surface area contributed by atoms with Crippen LogP contribution in [0.5, 0.6) is 0 Å². The van der Waals surface area contributed by atoms with Crippen LogP contribution in [-0.2, 0) is 9.47 Å². The zero-order valence-electron chi connectivity index (χ0n) is 24.4. The van der Waals surface area contributed by atoms with E-state index < -0.39 is 11.7 Å². The highest BCUT2D eigenvalue weighted by Gasteiger charge is 2.33. The molecule has 0 spiro atoms. The Kier molecular flexibility index (Phi) is 7.69. The quantitative estimate of drug-likeness (QED) is 0.338. The Bertz CT molecular complexity index is 1690. The lowest BCUT2D eigenvalue weighted by atomic mass is 9.89. The minimum atomic E-state index is -0.742. The Balaban J connectivity index is 1.55. The Hall–Kier alpha value is -4.78. The molecule has 0 aromatic carbocycles. The number of carbonyl (C=O) groups is 2. The van der Waals surface area contributed by atoms with Crippen LogP contribution < -0.4 is 21.1 Å². The molecule has 0 bridgehead atoms. The van der Waals surface area contributed by atoms with E-state index in [4.69, 9.17) is 9.47 Å². The predicted octanol–water partition coefficient (Wildman–Crippen LogP) is 3.61. The number of nitrogens with one attached hydrogen (secondary N) is 2. The summed E-state index contributed by atoms with van der Waals surface area (Å²) in [5.74, 6) is 0.118. The van der Waals surface area contributed by atoms with E-state index in [-0.39, 0.29) is 52.1 Å². The summed E-state index contributed by atoms with van der Waals surface area (Å²) in [6, 6.07) is 8.40. The van der Waals surface area contributed by atoms with Crippen molar-refractivity contribution in [1.82, 2.24) is 29.5 Å². The lowest BCUT2D eigenvalue weighted by molar-refractivity contribution is 0.00732. The van der Waals surface area contributed by atoms with Crippen LogP contribution in [0.15, 0.2) is 53.7 Å². The maximum absolute atomic E-state index is 13.4. The van der Waals surface area contributed by atoms with Gasteiger partial charge in [0.25, 0.3) is 11.5 Å². The molecule has 2 amide bonds. The van der Waals surface area contributed by atoms with Crippen molar-refractivity contribution in [2.75, 3.05) is 24.4 Å². The van der Waals surface area contributed by atoms with E-state index in [1.54, 1.807) is 64.5 Å². The third-order valence-electron chi connectivity index (χ3n) is 6.92. The first-order chi connectivity index (χ1) is 19.9. The number of methoxy groups -OCH3 is 1. The summed E-state index contributed by atoms with van der Waals surface area (Å²) in [4.78, 5) is 49.9. The van der Waals surface area contributed by atoms with Crippen molar-refractivity contribution in [3.05, 3.63) is 70.5 Å². The molecule has 5 rings (SSSR count). The summed E-state index contributed by atoms with van der Waals surface area (Å²) in [7, 11) is 3.15. The molecule has 1 saturated carbocycles. The molecular weight excluding hydrogens is 540 g/mol. The Labute approximate surface area is 242 Å². The Morgan fingerprint density at radius 1 is 1.14 bits per heavy atom. The summed E-state index contributed by atoms with van der Waals surface area (Å²) in [6.45, 7) is 7.16. The SMILES string of the molecule is CO[C@@H]1CC[C@H]1NC(=O)c1cnn2c(N(C)C(=O)OC(C)(C)C)cc(Nc3cccn(-c4ccc(C)nc4)c3=O)nc12. The number of ether oxygens (including phenoxy) is 2. The van der Waals surface area contributed by atoms with Gasteiger partial charge < -0.3 is 20.1 Å². The largest absolute Gasteiger partial charge is 0.443 e. The van der Waals surface area contributed by atoms with Gasteiger partial charge in [0.15, 0.2) is 5.65 Å². The predicted molar refractivity (Wildman–Crippen MR) is 157 cm³/mol. The van der Waals surface area contributed by atoms with Crippen LogP contribution in [0.3, 0.4) is 0 Å². The molecule has 0 radical (unpaired) electrons. The normalized spacial score (nSPS) is 16.5. The molecule has 4 aromatic rings. The first kappa shape index (κ1) is 28.7. The lowest BCUT2D eigenvalue weighted by Crippen LogP contribution is -2.51. The number of aromatic nitrogens is 5. The number of hydrogen-bond donors (Lipinski definition) is 2. The highest BCUT2D eigenvalue weighted by molar-refractivity contribution is 6.00. The van der Waals surface area contributed by atoms with E-state index in [9.17, 15) is 14.4 Å². The van der Waals surface area contributed by atoms with Crippen molar-refractivity contribution in [3.63, 3.8) is 0 Å². The maximum atomic E-state index is 13.4. The molecule has 2 N–H and O–H groups in total. The first-order valence-corrected chi connectivity index (χ1v) is 13.6. The van der Waals surface area contributed by atoms with Crippen molar-refractivity contribution in [3.8, 4) is 5.69 Å². The fourth-order valence-corrected chi connectivity index (χ4v) is 4.53. The van der Waals surface area contributed by atoms with E-state index in [2.05, 4.69) is 25.7 Å². The molecule has 0 aliphatic heterocycles. The van der Waals surface area contributed by atoms with Crippen molar-refractivity contribution in [2.24, 2.45) is 0 Å². The van der Waals surface area contributed by atoms with Gasteiger partial charge in [-0.1, -0.05) is 0 Å². The second-order valence-corrected chi connectivity index (χ2v) is 11.1. The van der Waals surface area contributed by atoms with E-state index in [1.165, 1.54) is 27.2 Å². The van der Waals surface area contributed by atoms with Gasteiger partial charge in [0.2, 0.25) is 0 Å². The number of fused-ring (bicyclic) bond motifs is 1. The van der Waals surface area contributed by atoms with E-state index in [0.29, 0.717) is 5.69 Å². The van der Waals surface area contributed by atoms with Crippen LogP contribution >= 0.6 is 0 Å². The number of anilines is 3. The van der Waals surface area contributed by atoms with E-state index in [1.807, 2.05) is 13.0 Å². The molecule has 4 aromatic heterocycles. The van der Waals surface area contributed by atoms with Gasteiger partial charge >= 0.3 is 6.09 Å². The number of hydrogen-bond acceptors (Lipinski definition) is 9. The van der Waals surface area contributed by atoms with Gasteiger partial charge in [0.05, 0.1) is 30.2 Å². The van der Waals surface area contributed by atoms with Gasteiger partial charge in [0, 0.05) is 32.1 Å². The van der Waals surface area contributed by atoms with Gasteiger partial charge in [-0.15, -0.1) is 0 Å². The highest BCUT2D eigenvalue weighted by atomic mass is 16.6. The zero-order chi connectivity index (χ0) is 30.2. The molecule has 1 fully saturated rings. The molecule has 13 heteroatoms. The number of nitrogens with zero attached hydrogens (tertiary/aromatic N) is 6. The van der Waals surface area contributed by atoms with Crippen molar-refractivity contribution in [1.29, 1.82) is 0 Å². The molecule has 42 heavy (non-hydrogen) atoms. The number of rotatable bonds is 7. The fraction of sp³-hybridized carbons (Fsp3) is 0.379. The fourth-order valence-electron chi connectivity index (χ4n) is 4.53. The second kappa shape index (κ2) is 11.2. The lowest BCUT2D eigenvalue weighted by Gasteiger charge is -2.35. The van der Waals surface area contributed by atoms with Gasteiger partial charge in [-0.25, -0.2) is 9.78 Å². The zero-order valence-corrected chi connectivity index (χ0v) is 24.4. The molecule has 13 nitrogen and oxygen atoms in total. The van der Waals surface area contributed by atoms with Crippen LogP contribution in [0, 0.1) is 6.92 Å². The number of pyridine rings is 2. The molecule has 4 heterocycles. The average molecular weight is 575 g/mol. The Morgan fingerprint density at radius 3 is 2.57 bits per heavy atom. The monoisotopic (exact) mass is 574 g/mol. The summed E-state index contributed by atoms with van der Waals surface area (Å²) < 4.78 is 13.8. The summed E-state index contributed by atoms with van der Waals surface area (Å²) in [5, 5.41) is 10.4. The average Bonchev–Trinajstić information content (AvgIpc) is 3.35. The molecular formula is C29H34N8O5. The summed E-state index contributed by atoms with van der Waals surface area (Å²) in [5.41, 5.74) is 0.969. The molecule has 220 valence electrons. The number of amides is 2. The Morgan fingerprint density at radius 2 is 1.93 bits per heavy atom. The van der Waals surface area contributed by atoms with Gasteiger partial charge in [-0.3, -0.25) is 24.0 Å². The summed E-state index contributed by atoms with van der Waals surface area (Å²) >= 11 is 0.